The fourth-order valence-electron chi connectivity index (χ4n) is 3.03. The van der Waals surface area contributed by atoms with Gasteiger partial charge in [0.15, 0.2) is 0 Å². The van der Waals surface area contributed by atoms with Crippen molar-refractivity contribution in [3.8, 4) is 5.75 Å². The Labute approximate surface area is 177 Å². The lowest BCUT2D eigenvalue weighted by Gasteiger charge is -2.13. The number of amides is 1. The minimum Gasteiger partial charge on any atom is -0.495 e. The zero-order valence-corrected chi connectivity index (χ0v) is 17.9. The maximum atomic E-state index is 12.9. The van der Waals surface area contributed by atoms with Crippen LogP contribution in [0.15, 0.2) is 71.6 Å². The number of carbonyl (C=O) groups is 1. The molecule has 0 bridgehead atoms. The molecule has 0 spiro atoms. The molecule has 0 aliphatic carbocycles. The maximum absolute atomic E-state index is 12.9. The molecule has 0 aliphatic rings. The van der Waals surface area contributed by atoms with E-state index in [-0.39, 0.29) is 22.8 Å². The molecule has 30 heavy (non-hydrogen) atoms. The summed E-state index contributed by atoms with van der Waals surface area (Å²) >= 11 is 0. The molecule has 0 radical (unpaired) electrons. The molecule has 156 valence electrons. The van der Waals surface area contributed by atoms with Gasteiger partial charge in [0.1, 0.15) is 10.6 Å². The smallest absolute Gasteiger partial charge is 0.255 e. The van der Waals surface area contributed by atoms with Crippen molar-refractivity contribution in [2.45, 2.75) is 25.3 Å². The van der Waals surface area contributed by atoms with E-state index in [4.69, 9.17) is 4.74 Å². The minimum atomic E-state index is -3.90. The molecule has 0 atom stereocenters. The van der Waals surface area contributed by atoms with Gasteiger partial charge in [0, 0.05) is 17.8 Å². The summed E-state index contributed by atoms with van der Waals surface area (Å²) in [6.07, 6.45) is 0. The van der Waals surface area contributed by atoms with E-state index in [9.17, 15) is 13.2 Å². The van der Waals surface area contributed by atoms with E-state index in [2.05, 4.69) is 10.0 Å². The summed E-state index contributed by atoms with van der Waals surface area (Å²) in [5.41, 5.74) is 3.73. The summed E-state index contributed by atoms with van der Waals surface area (Å²) in [4.78, 5) is 12.7. The lowest BCUT2D eigenvalue weighted by Crippen LogP contribution is -2.24. The van der Waals surface area contributed by atoms with E-state index in [0.29, 0.717) is 5.69 Å². The van der Waals surface area contributed by atoms with Gasteiger partial charge in [-0.3, -0.25) is 4.79 Å². The molecule has 0 aliphatic heterocycles. The third-order valence-electron chi connectivity index (χ3n) is 4.65. The van der Waals surface area contributed by atoms with Crippen LogP contribution in [0, 0.1) is 13.8 Å². The SMILES string of the molecule is COc1ccc(C(=O)Nc2ccc(C)cc2C)cc1S(=O)(=O)NCc1ccccc1. The van der Waals surface area contributed by atoms with Crippen LogP contribution in [0.5, 0.6) is 5.75 Å². The monoisotopic (exact) mass is 424 g/mol. The topological polar surface area (TPSA) is 84.5 Å². The highest BCUT2D eigenvalue weighted by Gasteiger charge is 2.22. The van der Waals surface area contributed by atoms with Gasteiger partial charge in [-0.15, -0.1) is 0 Å². The van der Waals surface area contributed by atoms with Gasteiger partial charge in [-0.05, 0) is 49.2 Å². The highest BCUT2D eigenvalue weighted by Crippen LogP contribution is 2.26. The van der Waals surface area contributed by atoms with Gasteiger partial charge >= 0.3 is 0 Å². The van der Waals surface area contributed by atoms with Gasteiger partial charge in [-0.1, -0.05) is 48.0 Å². The fraction of sp³-hybridized carbons (Fsp3) is 0.174. The number of aryl methyl sites for hydroxylation is 2. The Kier molecular flexibility index (Phi) is 6.54. The molecular weight excluding hydrogens is 400 g/mol. The number of hydrogen-bond donors (Lipinski definition) is 2. The van der Waals surface area contributed by atoms with Crippen molar-refractivity contribution in [1.29, 1.82) is 0 Å². The largest absolute Gasteiger partial charge is 0.495 e. The highest BCUT2D eigenvalue weighted by atomic mass is 32.2. The van der Waals surface area contributed by atoms with Crippen LogP contribution < -0.4 is 14.8 Å². The van der Waals surface area contributed by atoms with Crippen LogP contribution in [-0.4, -0.2) is 21.4 Å². The number of anilines is 1. The number of benzene rings is 3. The number of ether oxygens (including phenoxy) is 1. The average Bonchev–Trinajstić information content (AvgIpc) is 2.74. The molecule has 1 amide bonds. The van der Waals surface area contributed by atoms with E-state index in [1.807, 2.05) is 62.4 Å². The highest BCUT2D eigenvalue weighted by molar-refractivity contribution is 7.89. The Morgan fingerprint density at radius 1 is 0.967 bits per heavy atom. The van der Waals surface area contributed by atoms with Crippen LogP contribution in [0.3, 0.4) is 0 Å². The second-order valence-electron chi connectivity index (χ2n) is 6.95. The van der Waals surface area contributed by atoms with Crippen LogP contribution >= 0.6 is 0 Å². The van der Waals surface area contributed by atoms with Gasteiger partial charge in [0.2, 0.25) is 10.0 Å². The third-order valence-corrected chi connectivity index (χ3v) is 6.08. The number of hydrogen-bond acceptors (Lipinski definition) is 4. The lowest BCUT2D eigenvalue weighted by molar-refractivity contribution is 0.102. The van der Waals surface area contributed by atoms with Crippen molar-refractivity contribution >= 4 is 21.6 Å². The Morgan fingerprint density at radius 2 is 1.70 bits per heavy atom. The van der Waals surface area contributed by atoms with Crippen molar-refractivity contribution in [2.24, 2.45) is 0 Å². The molecule has 0 heterocycles. The van der Waals surface area contributed by atoms with Crippen molar-refractivity contribution in [3.05, 3.63) is 89.0 Å². The maximum Gasteiger partial charge on any atom is 0.255 e. The van der Waals surface area contributed by atoms with Gasteiger partial charge in [0.25, 0.3) is 5.91 Å². The quantitative estimate of drug-likeness (QED) is 0.599. The summed E-state index contributed by atoms with van der Waals surface area (Å²) in [5.74, 6) is -0.234. The van der Waals surface area contributed by atoms with Gasteiger partial charge in [0.05, 0.1) is 7.11 Å². The van der Waals surface area contributed by atoms with Gasteiger partial charge < -0.3 is 10.1 Å². The van der Waals surface area contributed by atoms with E-state index in [1.54, 1.807) is 0 Å². The first-order valence-electron chi connectivity index (χ1n) is 9.40. The summed E-state index contributed by atoms with van der Waals surface area (Å²) < 4.78 is 33.6. The molecule has 3 aromatic carbocycles. The van der Waals surface area contributed by atoms with Crippen LogP contribution in [0.25, 0.3) is 0 Å². The van der Waals surface area contributed by atoms with Gasteiger partial charge in [-0.2, -0.15) is 0 Å². The number of sulfonamides is 1. The Hall–Kier alpha value is -3.16. The van der Waals surface area contributed by atoms with Crippen molar-refractivity contribution in [2.75, 3.05) is 12.4 Å². The summed E-state index contributed by atoms with van der Waals surface area (Å²) in [5, 5.41) is 2.83. The molecule has 0 saturated carbocycles. The normalized spacial score (nSPS) is 11.2. The molecule has 0 aromatic heterocycles. The van der Waals surface area contributed by atoms with Crippen LogP contribution in [0.2, 0.25) is 0 Å². The third kappa shape index (κ3) is 5.06. The summed E-state index contributed by atoms with van der Waals surface area (Å²) in [6.45, 7) is 4.01. The number of carbonyl (C=O) groups excluding carboxylic acids is 1. The molecule has 3 rings (SSSR count). The Balaban J connectivity index is 1.86. The zero-order chi connectivity index (χ0) is 21.7. The van der Waals surface area contributed by atoms with E-state index in [1.165, 1.54) is 25.3 Å². The lowest BCUT2D eigenvalue weighted by atomic mass is 10.1. The summed E-state index contributed by atoms with van der Waals surface area (Å²) in [6, 6.07) is 19.2. The average molecular weight is 425 g/mol. The minimum absolute atomic E-state index is 0.0887. The molecule has 7 heteroatoms. The number of nitrogens with one attached hydrogen (secondary N) is 2. The molecule has 6 nitrogen and oxygen atoms in total. The first kappa shape index (κ1) is 21.5. The Morgan fingerprint density at radius 3 is 2.37 bits per heavy atom. The Bertz CT molecular complexity index is 1160. The first-order valence-corrected chi connectivity index (χ1v) is 10.9. The molecule has 0 saturated heterocycles. The fourth-order valence-corrected chi connectivity index (χ4v) is 4.24. The predicted molar refractivity (Wildman–Crippen MR) is 117 cm³/mol. The van der Waals surface area contributed by atoms with Crippen molar-refractivity contribution in [1.82, 2.24) is 4.72 Å². The molecule has 0 unspecified atom stereocenters. The van der Waals surface area contributed by atoms with E-state index < -0.39 is 15.9 Å². The molecule has 2 N–H and O–H groups in total. The number of rotatable bonds is 7. The molecule has 3 aromatic rings. The molecule has 0 fully saturated rings. The summed E-state index contributed by atoms with van der Waals surface area (Å²) in [7, 11) is -2.51. The number of methoxy groups -OCH3 is 1. The molecular formula is C23H24N2O4S. The van der Waals surface area contributed by atoms with Gasteiger partial charge in [-0.25, -0.2) is 13.1 Å². The van der Waals surface area contributed by atoms with E-state index >= 15 is 0 Å². The first-order chi connectivity index (χ1) is 14.3. The van der Waals surface area contributed by atoms with Crippen LogP contribution in [0.1, 0.15) is 27.0 Å². The standard InChI is InChI=1S/C23H24N2O4S/c1-16-9-11-20(17(2)13-16)25-23(26)19-10-12-21(29-3)22(14-19)30(27,28)24-15-18-7-5-4-6-8-18/h4-14,24H,15H2,1-3H3,(H,25,26). The van der Waals surface area contributed by atoms with Crippen molar-refractivity contribution < 1.29 is 17.9 Å². The van der Waals surface area contributed by atoms with Crippen LogP contribution in [0.4, 0.5) is 5.69 Å². The second kappa shape index (κ2) is 9.11. The predicted octanol–water partition coefficient (Wildman–Crippen LogP) is 4.04. The second-order valence-corrected chi connectivity index (χ2v) is 8.68. The van der Waals surface area contributed by atoms with E-state index in [0.717, 1.165) is 16.7 Å². The zero-order valence-electron chi connectivity index (χ0n) is 17.1. The van der Waals surface area contributed by atoms with Crippen molar-refractivity contribution in [3.63, 3.8) is 0 Å². The van der Waals surface area contributed by atoms with Crippen LogP contribution in [-0.2, 0) is 16.6 Å².